The monoisotopic (exact) mass is 411 g/mol. The van der Waals surface area contributed by atoms with Crippen molar-refractivity contribution < 1.29 is 18.0 Å². The molecule has 3 rings (SSSR count). The molecule has 7 heteroatoms. The Hall–Kier alpha value is -3.61. The summed E-state index contributed by atoms with van der Waals surface area (Å²) in [7, 11) is 0. The minimum absolute atomic E-state index is 0.0439. The number of amides is 1. The van der Waals surface area contributed by atoms with E-state index in [1.54, 1.807) is 43.6 Å². The number of allylic oxidation sites excluding steroid dienone is 1. The molecule has 1 aromatic heterocycles. The Morgan fingerprint density at radius 2 is 1.80 bits per heavy atom. The number of rotatable bonds is 6. The van der Waals surface area contributed by atoms with E-state index >= 15 is 0 Å². The molecule has 0 unspecified atom stereocenters. The summed E-state index contributed by atoms with van der Waals surface area (Å²) in [5.74, 6) is -0.500. The quantitative estimate of drug-likeness (QED) is 0.523. The van der Waals surface area contributed by atoms with Gasteiger partial charge in [0.15, 0.2) is 0 Å². The van der Waals surface area contributed by atoms with Gasteiger partial charge >= 0.3 is 6.18 Å². The van der Waals surface area contributed by atoms with Gasteiger partial charge in [-0.2, -0.15) is 13.2 Å². The molecule has 2 aromatic carbocycles. The third kappa shape index (κ3) is 5.26. The Labute approximate surface area is 172 Å². The molecule has 2 N–H and O–H groups in total. The van der Waals surface area contributed by atoms with Crippen LogP contribution in [0.1, 0.15) is 34.0 Å². The van der Waals surface area contributed by atoms with Crippen molar-refractivity contribution in [2.45, 2.75) is 19.6 Å². The lowest BCUT2D eigenvalue weighted by Crippen LogP contribution is -2.16. The molecule has 0 saturated heterocycles. The van der Waals surface area contributed by atoms with Crippen LogP contribution in [0.15, 0.2) is 73.1 Å². The van der Waals surface area contributed by atoms with Crippen molar-refractivity contribution in [1.29, 1.82) is 0 Å². The summed E-state index contributed by atoms with van der Waals surface area (Å²) in [4.78, 5) is 16.7. The topological polar surface area (TPSA) is 54.0 Å². The lowest BCUT2D eigenvalue weighted by molar-refractivity contribution is -0.137. The van der Waals surface area contributed by atoms with E-state index in [-0.39, 0.29) is 11.3 Å². The van der Waals surface area contributed by atoms with E-state index in [2.05, 4.69) is 15.6 Å². The highest BCUT2D eigenvalue weighted by Gasteiger charge is 2.33. The molecule has 0 radical (unpaired) electrons. The Morgan fingerprint density at radius 1 is 1.07 bits per heavy atom. The second kappa shape index (κ2) is 9.26. The summed E-state index contributed by atoms with van der Waals surface area (Å²) in [5, 5.41) is 5.75. The molecular formula is C23H20F3N3O. The highest BCUT2D eigenvalue weighted by atomic mass is 19.4. The number of pyridine rings is 1. The second-order valence-electron chi connectivity index (χ2n) is 6.51. The van der Waals surface area contributed by atoms with E-state index in [9.17, 15) is 18.0 Å². The molecule has 154 valence electrons. The lowest BCUT2D eigenvalue weighted by atomic mass is 10.0. The maximum atomic E-state index is 13.4. The van der Waals surface area contributed by atoms with Crippen molar-refractivity contribution in [3.63, 3.8) is 0 Å². The SMILES string of the molecule is CC=Cc1ccc(NC(=O)c2ccccc2NCc2ccncc2)cc1C(F)(F)F. The summed E-state index contributed by atoms with van der Waals surface area (Å²) in [6.45, 7) is 2.12. The smallest absolute Gasteiger partial charge is 0.380 e. The van der Waals surface area contributed by atoms with Crippen molar-refractivity contribution in [3.8, 4) is 0 Å². The Balaban J connectivity index is 1.81. The van der Waals surface area contributed by atoms with Gasteiger partial charge in [0.05, 0.1) is 11.1 Å². The second-order valence-corrected chi connectivity index (χ2v) is 6.51. The highest BCUT2D eigenvalue weighted by Crippen LogP contribution is 2.34. The molecule has 0 aliphatic heterocycles. The third-order valence-electron chi connectivity index (χ3n) is 4.37. The molecule has 0 aliphatic carbocycles. The number of alkyl halides is 3. The first-order chi connectivity index (χ1) is 14.4. The maximum absolute atomic E-state index is 13.4. The summed E-state index contributed by atoms with van der Waals surface area (Å²) >= 11 is 0. The molecule has 1 amide bonds. The first kappa shape index (κ1) is 21.1. The molecule has 3 aromatic rings. The van der Waals surface area contributed by atoms with Gasteiger partial charge in [0, 0.05) is 30.3 Å². The number of nitrogens with zero attached hydrogens (tertiary/aromatic N) is 1. The van der Waals surface area contributed by atoms with Crippen LogP contribution in [-0.2, 0) is 12.7 Å². The molecule has 0 atom stereocenters. The average molecular weight is 411 g/mol. The first-order valence-corrected chi connectivity index (χ1v) is 9.25. The average Bonchev–Trinajstić information content (AvgIpc) is 2.73. The number of benzene rings is 2. The number of hydrogen-bond acceptors (Lipinski definition) is 3. The van der Waals surface area contributed by atoms with E-state index in [4.69, 9.17) is 0 Å². The van der Waals surface area contributed by atoms with Gasteiger partial charge in [-0.05, 0) is 54.4 Å². The van der Waals surface area contributed by atoms with Crippen molar-refractivity contribution >= 4 is 23.4 Å². The van der Waals surface area contributed by atoms with Crippen molar-refractivity contribution in [2.75, 3.05) is 10.6 Å². The van der Waals surface area contributed by atoms with E-state index < -0.39 is 17.6 Å². The number of halogens is 3. The van der Waals surface area contributed by atoms with Gasteiger partial charge in [0.2, 0.25) is 0 Å². The first-order valence-electron chi connectivity index (χ1n) is 9.25. The van der Waals surface area contributed by atoms with Crippen LogP contribution in [0.3, 0.4) is 0 Å². The fourth-order valence-electron chi connectivity index (χ4n) is 2.94. The Morgan fingerprint density at radius 3 is 2.50 bits per heavy atom. The molecule has 0 saturated carbocycles. The normalized spacial score (nSPS) is 11.5. The van der Waals surface area contributed by atoms with E-state index in [0.29, 0.717) is 17.8 Å². The van der Waals surface area contributed by atoms with Crippen LogP contribution < -0.4 is 10.6 Å². The zero-order valence-corrected chi connectivity index (χ0v) is 16.2. The number of hydrogen-bond donors (Lipinski definition) is 2. The number of anilines is 2. The lowest BCUT2D eigenvalue weighted by Gasteiger charge is -2.15. The summed E-state index contributed by atoms with van der Waals surface area (Å²) in [6, 6.07) is 14.3. The number of aromatic nitrogens is 1. The summed E-state index contributed by atoms with van der Waals surface area (Å²) in [6.07, 6.45) is 1.73. The standard InChI is InChI=1S/C23H20F3N3O/c1-2-5-17-8-9-18(14-20(17)23(24,25)26)29-22(30)19-6-3-4-7-21(19)28-15-16-10-12-27-13-11-16/h2-14,28H,15H2,1H3,(H,29,30). The van der Waals surface area contributed by atoms with Crippen molar-refractivity contribution in [3.05, 3.63) is 95.3 Å². The largest absolute Gasteiger partial charge is 0.417 e. The summed E-state index contributed by atoms with van der Waals surface area (Å²) < 4.78 is 40.1. The fourth-order valence-corrected chi connectivity index (χ4v) is 2.94. The molecular weight excluding hydrogens is 391 g/mol. The number of carbonyl (C=O) groups excluding carboxylic acids is 1. The Bertz CT molecular complexity index is 1050. The number of nitrogens with one attached hydrogen (secondary N) is 2. The van der Waals surface area contributed by atoms with Crippen LogP contribution >= 0.6 is 0 Å². The van der Waals surface area contributed by atoms with Crippen molar-refractivity contribution in [1.82, 2.24) is 4.98 Å². The number of carbonyl (C=O) groups is 1. The van der Waals surface area contributed by atoms with Gasteiger partial charge in [-0.1, -0.05) is 30.4 Å². The van der Waals surface area contributed by atoms with Gasteiger partial charge < -0.3 is 10.6 Å². The van der Waals surface area contributed by atoms with Gasteiger partial charge in [0.1, 0.15) is 0 Å². The molecule has 0 fully saturated rings. The fraction of sp³-hybridized carbons (Fsp3) is 0.130. The molecule has 30 heavy (non-hydrogen) atoms. The van der Waals surface area contributed by atoms with Crippen LogP contribution in [0.2, 0.25) is 0 Å². The Kier molecular flexibility index (Phi) is 6.51. The van der Waals surface area contributed by atoms with Crippen LogP contribution in [0.5, 0.6) is 0 Å². The third-order valence-corrected chi connectivity index (χ3v) is 4.37. The van der Waals surface area contributed by atoms with Crippen LogP contribution in [0.25, 0.3) is 6.08 Å². The molecule has 1 heterocycles. The summed E-state index contributed by atoms with van der Waals surface area (Å²) in [5.41, 5.74) is 1.20. The molecule has 0 bridgehead atoms. The number of para-hydroxylation sites is 1. The molecule has 0 spiro atoms. The van der Waals surface area contributed by atoms with Crippen LogP contribution in [-0.4, -0.2) is 10.9 Å². The van der Waals surface area contributed by atoms with Gasteiger partial charge in [-0.15, -0.1) is 0 Å². The van der Waals surface area contributed by atoms with E-state index in [0.717, 1.165) is 11.6 Å². The molecule has 0 aliphatic rings. The van der Waals surface area contributed by atoms with Crippen LogP contribution in [0, 0.1) is 0 Å². The van der Waals surface area contributed by atoms with Crippen LogP contribution in [0.4, 0.5) is 24.5 Å². The predicted octanol–water partition coefficient (Wildman–Crippen LogP) is 6.00. The predicted molar refractivity (Wildman–Crippen MR) is 112 cm³/mol. The van der Waals surface area contributed by atoms with Gasteiger partial charge in [-0.3, -0.25) is 9.78 Å². The minimum atomic E-state index is -4.53. The van der Waals surface area contributed by atoms with Crippen molar-refractivity contribution in [2.24, 2.45) is 0 Å². The highest BCUT2D eigenvalue weighted by molar-refractivity contribution is 6.08. The molecule has 4 nitrogen and oxygen atoms in total. The van der Waals surface area contributed by atoms with E-state index in [1.165, 1.54) is 24.3 Å². The van der Waals surface area contributed by atoms with Gasteiger partial charge in [0.25, 0.3) is 5.91 Å². The zero-order chi connectivity index (χ0) is 21.6. The van der Waals surface area contributed by atoms with E-state index in [1.807, 2.05) is 12.1 Å². The maximum Gasteiger partial charge on any atom is 0.417 e. The minimum Gasteiger partial charge on any atom is -0.380 e. The zero-order valence-electron chi connectivity index (χ0n) is 16.2. The van der Waals surface area contributed by atoms with Gasteiger partial charge in [-0.25, -0.2) is 0 Å².